The Bertz CT molecular complexity index is 792. The minimum Gasteiger partial charge on any atom is -0.465 e. The number of halogens is 2. The Labute approximate surface area is 156 Å². The first-order valence-corrected chi connectivity index (χ1v) is 8.70. The van der Waals surface area contributed by atoms with E-state index in [0.29, 0.717) is 18.8 Å². The molecule has 0 saturated carbocycles. The molecule has 2 aliphatic rings. The second-order valence-electron chi connectivity index (χ2n) is 6.20. The van der Waals surface area contributed by atoms with E-state index >= 15 is 0 Å². The van der Waals surface area contributed by atoms with Crippen molar-refractivity contribution in [2.75, 3.05) is 20.3 Å². The molecule has 1 aromatic carbocycles. The summed E-state index contributed by atoms with van der Waals surface area (Å²) in [7, 11) is 1.24. The molecule has 3 rings (SSSR count). The summed E-state index contributed by atoms with van der Waals surface area (Å²) in [4.78, 5) is 26.7. The minimum absolute atomic E-state index is 0.0608. The van der Waals surface area contributed by atoms with Crippen LogP contribution in [0.5, 0.6) is 0 Å². The molecular weight excluding hydrogens is 361 g/mol. The number of amides is 1. The molecule has 0 radical (unpaired) electrons. The number of rotatable bonds is 4. The number of carbonyl (C=O) groups is 2. The number of hydrogen-bond donors (Lipinski definition) is 0. The molecule has 1 atom stereocenters. The predicted octanol–water partition coefficient (Wildman–Crippen LogP) is 3.33. The zero-order chi connectivity index (χ0) is 18.8. The standard InChI is InChI=1S/C19H19ClFNO4/c1-11-17(19(24)25-2)14(9-13-15(20)6-3-7-16(13)21)18(23)22(11)10-12-5-4-8-26-12/h3,6-7,9,12H,4-5,8,10H2,1-2H3/b14-9+/t12-/m0/s1. The number of methoxy groups -OCH3 is 1. The Morgan fingerprint density at radius 1 is 1.50 bits per heavy atom. The molecule has 1 amide bonds. The molecule has 138 valence electrons. The Hall–Kier alpha value is -2.18. The number of esters is 1. The Morgan fingerprint density at radius 2 is 2.27 bits per heavy atom. The van der Waals surface area contributed by atoms with Crippen molar-refractivity contribution in [3.8, 4) is 0 Å². The van der Waals surface area contributed by atoms with Crippen LogP contribution in [0.2, 0.25) is 5.02 Å². The summed E-state index contributed by atoms with van der Waals surface area (Å²) in [5.41, 5.74) is 0.718. The van der Waals surface area contributed by atoms with Gasteiger partial charge in [-0.3, -0.25) is 4.79 Å². The van der Waals surface area contributed by atoms with Gasteiger partial charge >= 0.3 is 5.97 Å². The number of benzene rings is 1. The molecule has 5 nitrogen and oxygen atoms in total. The number of ether oxygens (including phenoxy) is 2. The summed E-state index contributed by atoms with van der Waals surface area (Å²) in [5, 5.41) is 0.157. The quantitative estimate of drug-likeness (QED) is 0.594. The van der Waals surface area contributed by atoms with Gasteiger partial charge in [-0.15, -0.1) is 0 Å². The van der Waals surface area contributed by atoms with Crippen molar-refractivity contribution in [2.45, 2.75) is 25.9 Å². The van der Waals surface area contributed by atoms with Gasteiger partial charge in [0.05, 0.1) is 35.9 Å². The van der Waals surface area contributed by atoms with Crippen LogP contribution in [-0.4, -0.2) is 43.1 Å². The molecule has 7 heteroatoms. The molecular formula is C19H19ClFNO4. The fourth-order valence-electron chi connectivity index (χ4n) is 3.23. The van der Waals surface area contributed by atoms with Crippen LogP contribution in [0.3, 0.4) is 0 Å². The van der Waals surface area contributed by atoms with Crippen LogP contribution in [0.25, 0.3) is 6.08 Å². The molecule has 0 aliphatic carbocycles. The fraction of sp³-hybridized carbons (Fsp3) is 0.368. The van der Waals surface area contributed by atoms with Crippen LogP contribution in [-0.2, 0) is 19.1 Å². The predicted molar refractivity (Wildman–Crippen MR) is 94.8 cm³/mol. The molecule has 0 N–H and O–H groups in total. The van der Waals surface area contributed by atoms with Gasteiger partial charge in [-0.25, -0.2) is 9.18 Å². The Kier molecular flexibility index (Phi) is 5.44. The maximum atomic E-state index is 14.2. The molecule has 1 fully saturated rings. The number of allylic oxidation sites excluding steroid dienone is 1. The van der Waals surface area contributed by atoms with Gasteiger partial charge in [0.15, 0.2) is 0 Å². The largest absolute Gasteiger partial charge is 0.465 e. The maximum Gasteiger partial charge on any atom is 0.340 e. The van der Waals surface area contributed by atoms with Crippen molar-refractivity contribution >= 4 is 29.6 Å². The molecule has 1 saturated heterocycles. The average molecular weight is 380 g/mol. The van der Waals surface area contributed by atoms with E-state index in [1.807, 2.05) is 0 Å². The highest BCUT2D eigenvalue weighted by Gasteiger charge is 2.38. The van der Waals surface area contributed by atoms with E-state index < -0.39 is 17.7 Å². The lowest BCUT2D eigenvalue weighted by Gasteiger charge is -2.21. The van der Waals surface area contributed by atoms with E-state index in [9.17, 15) is 14.0 Å². The molecule has 2 heterocycles. The van der Waals surface area contributed by atoms with Crippen molar-refractivity contribution in [1.82, 2.24) is 4.90 Å². The lowest BCUT2D eigenvalue weighted by Crippen LogP contribution is -2.33. The number of nitrogens with zero attached hydrogens (tertiary/aromatic N) is 1. The normalized spacial score (nSPS) is 21.8. The summed E-state index contributed by atoms with van der Waals surface area (Å²) in [5.74, 6) is -1.61. The SMILES string of the molecule is COC(=O)C1=C(C)N(C[C@@H]2CCCO2)C(=O)/C1=C/c1c(F)cccc1Cl. The molecule has 1 aromatic rings. The smallest absolute Gasteiger partial charge is 0.340 e. The Morgan fingerprint density at radius 3 is 2.88 bits per heavy atom. The molecule has 0 unspecified atom stereocenters. The van der Waals surface area contributed by atoms with Gasteiger partial charge in [-0.2, -0.15) is 0 Å². The molecule has 0 bridgehead atoms. The van der Waals surface area contributed by atoms with Gasteiger partial charge < -0.3 is 14.4 Å². The lowest BCUT2D eigenvalue weighted by atomic mass is 10.0. The Balaban J connectivity index is 2.04. The molecule has 0 spiro atoms. The summed E-state index contributed by atoms with van der Waals surface area (Å²) in [6.07, 6.45) is 3.02. The van der Waals surface area contributed by atoms with Crippen LogP contribution in [0, 0.1) is 5.82 Å². The second kappa shape index (κ2) is 7.60. The van der Waals surface area contributed by atoms with Gasteiger partial charge in [0.1, 0.15) is 5.82 Å². The highest BCUT2D eigenvalue weighted by atomic mass is 35.5. The fourth-order valence-corrected chi connectivity index (χ4v) is 3.45. The summed E-state index contributed by atoms with van der Waals surface area (Å²) >= 11 is 6.07. The van der Waals surface area contributed by atoms with Crippen LogP contribution in [0.4, 0.5) is 4.39 Å². The first kappa shape index (κ1) is 18.6. The van der Waals surface area contributed by atoms with Gasteiger partial charge in [-0.05, 0) is 38.0 Å². The van der Waals surface area contributed by atoms with Crippen LogP contribution in [0.1, 0.15) is 25.3 Å². The molecule has 2 aliphatic heterocycles. The molecule has 26 heavy (non-hydrogen) atoms. The number of hydrogen-bond acceptors (Lipinski definition) is 4. The van der Waals surface area contributed by atoms with Crippen molar-refractivity contribution in [3.63, 3.8) is 0 Å². The van der Waals surface area contributed by atoms with Crippen molar-refractivity contribution in [3.05, 3.63) is 51.4 Å². The van der Waals surface area contributed by atoms with Gasteiger partial charge in [0.25, 0.3) is 5.91 Å². The summed E-state index contributed by atoms with van der Waals surface area (Å²) < 4.78 is 24.6. The maximum absolute atomic E-state index is 14.2. The van der Waals surface area contributed by atoms with Crippen LogP contribution in [0.15, 0.2) is 35.0 Å². The zero-order valence-electron chi connectivity index (χ0n) is 14.6. The van der Waals surface area contributed by atoms with Crippen LogP contribution < -0.4 is 0 Å². The topological polar surface area (TPSA) is 55.8 Å². The third kappa shape index (κ3) is 3.39. The summed E-state index contributed by atoms with van der Waals surface area (Å²) in [6.45, 7) is 2.67. The first-order chi connectivity index (χ1) is 12.4. The van der Waals surface area contributed by atoms with E-state index in [-0.39, 0.29) is 27.8 Å². The monoisotopic (exact) mass is 379 g/mol. The van der Waals surface area contributed by atoms with Crippen LogP contribution >= 0.6 is 11.6 Å². The minimum atomic E-state index is -0.649. The number of carbonyl (C=O) groups excluding carboxylic acids is 2. The van der Waals surface area contributed by atoms with E-state index in [1.54, 1.807) is 6.92 Å². The van der Waals surface area contributed by atoms with E-state index in [4.69, 9.17) is 21.1 Å². The highest BCUT2D eigenvalue weighted by Crippen LogP contribution is 2.34. The third-order valence-corrected chi connectivity index (χ3v) is 4.93. The summed E-state index contributed by atoms with van der Waals surface area (Å²) in [6, 6.07) is 4.24. The molecule has 0 aromatic heterocycles. The van der Waals surface area contributed by atoms with Crippen molar-refractivity contribution in [2.24, 2.45) is 0 Å². The zero-order valence-corrected chi connectivity index (χ0v) is 15.3. The van der Waals surface area contributed by atoms with Gasteiger partial charge in [0.2, 0.25) is 0 Å². The van der Waals surface area contributed by atoms with E-state index in [1.165, 1.54) is 36.3 Å². The third-order valence-electron chi connectivity index (χ3n) is 4.60. The van der Waals surface area contributed by atoms with E-state index in [2.05, 4.69) is 0 Å². The highest BCUT2D eigenvalue weighted by molar-refractivity contribution is 6.32. The van der Waals surface area contributed by atoms with Gasteiger partial charge in [0, 0.05) is 17.9 Å². The second-order valence-corrected chi connectivity index (χ2v) is 6.60. The first-order valence-electron chi connectivity index (χ1n) is 8.32. The van der Waals surface area contributed by atoms with Crippen molar-refractivity contribution in [1.29, 1.82) is 0 Å². The van der Waals surface area contributed by atoms with Crippen molar-refractivity contribution < 1.29 is 23.5 Å². The average Bonchev–Trinajstić information content (AvgIpc) is 3.20. The van der Waals surface area contributed by atoms with E-state index in [0.717, 1.165) is 12.8 Å². The van der Waals surface area contributed by atoms with Gasteiger partial charge in [-0.1, -0.05) is 17.7 Å². The lowest BCUT2D eigenvalue weighted by molar-refractivity contribution is -0.136.